The molecule has 1 aliphatic carbocycles. The second kappa shape index (κ2) is 10.2. The molecule has 2 aliphatic rings. The van der Waals surface area contributed by atoms with Gasteiger partial charge in [0.05, 0.1) is 6.10 Å². The fourth-order valence-corrected chi connectivity index (χ4v) is 4.60. The maximum Gasteiger partial charge on any atom is 0.166 e. The monoisotopic (exact) mass is 408 g/mol. The lowest BCUT2D eigenvalue weighted by molar-refractivity contribution is -0.113. The molecule has 0 saturated carbocycles. The van der Waals surface area contributed by atoms with Gasteiger partial charge in [-0.15, -0.1) is 0 Å². The number of nitrogens with one attached hydrogen (secondary N) is 1. The molecule has 0 fully saturated rings. The summed E-state index contributed by atoms with van der Waals surface area (Å²) in [4.78, 5) is 13.8. The van der Waals surface area contributed by atoms with Gasteiger partial charge in [-0.3, -0.25) is 9.69 Å². The van der Waals surface area contributed by atoms with E-state index in [4.69, 9.17) is 4.74 Å². The van der Waals surface area contributed by atoms with E-state index in [9.17, 15) is 9.90 Å². The maximum atomic E-state index is 11.6. The van der Waals surface area contributed by atoms with E-state index in [-0.39, 0.29) is 0 Å². The van der Waals surface area contributed by atoms with Crippen molar-refractivity contribution in [1.82, 2.24) is 10.2 Å². The fraction of sp³-hybridized carbons (Fsp3) is 0.480. The first-order chi connectivity index (χ1) is 14.7. The highest BCUT2D eigenvalue weighted by atomic mass is 16.5. The first-order valence-electron chi connectivity index (χ1n) is 11.1. The SMILES string of the molecule is O=CC(CNCC(O)CN1CCc2ccccc2C1)Oc1cccc2c1CCCC2. The van der Waals surface area contributed by atoms with Crippen molar-refractivity contribution in [3.05, 3.63) is 64.7 Å². The van der Waals surface area contributed by atoms with Gasteiger partial charge >= 0.3 is 0 Å². The lowest BCUT2D eigenvalue weighted by Gasteiger charge is -2.30. The molecule has 0 bridgehead atoms. The Hall–Kier alpha value is -2.21. The van der Waals surface area contributed by atoms with Crippen LogP contribution >= 0.6 is 0 Å². The molecule has 1 heterocycles. The maximum absolute atomic E-state index is 11.6. The Kier molecular flexibility index (Phi) is 7.16. The molecular weight excluding hydrogens is 376 g/mol. The molecule has 5 nitrogen and oxygen atoms in total. The Bertz CT molecular complexity index is 854. The van der Waals surface area contributed by atoms with Gasteiger partial charge in [-0.1, -0.05) is 36.4 Å². The topological polar surface area (TPSA) is 61.8 Å². The predicted molar refractivity (Wildman–Crippen MR) is 118 cm³/mol. The highest BCUT2D eigenvalue weighted by Crippen LogP contribution is 2.30. The third-order valence-electron chi connectivity index (χ3n) is 6.19. The van der Waals surface area contributed by atoms with Gasteiger partial charge in [-0.2, -0.15) is 0 Å². The summed E-state index contributed by atoms with van der Waals surface area (Å²) in [6.07, 6.45) is 5.34. The van der Waals surface area contributed by atoms with Crippen LogP contribution in [-0.2, 0) is 30.6 Å². The minimum atomic E-state index is -0.549. The zero-order chi connectivity index (χ0) is 20.8. The molecule has 5 heteroatoms. The number of hydrogen-bond donors (Lipinski definition) is 2. The molecule has 160 valence electrons. The molecule has 2 N–H and O–H groups in total. The van der Waals surface area contributed by atoms with Crippen molar-refractivity contribution in [2.45, 2.75) is 50.9 Å². The normalized spacial score (nSPS) is 18.2. The van der Waals surface area contributed by atoms with Gasteiger partial charge in [-0.05, 0) is 60.4 Å². The molecule has 0 spiro atoms. The molecule has 0 saturated heterocycles. The van der Waals surface area contributed by atoms with Crippen molar-refractivity contribution >= 4 is 6.29 Å². The van der Waals surface area contributed by atoms with Crippen molar-refractivity contribution in [2.75, 3.05) is 26.2 Å². The predicted octanol–water partition coefficient (Wildman–Crippen LogP) is 2.52. The third-order valence-corrected chi connectivity index (χ3v) is 6.19. The highest BCUT2D eigenvalue weighted by molar-refractivity contribution is 5.58. The summed E-state index contributed by atoms with van der Waals surface area (Å²) in [6.45, 7) is 3.31. The number of aryl methyl sites for hydroxylation is 1. The number of fused-ring (bicyclic) bond motifs is 2. The van der Waals surface area contributed by atoms with Crippen molar-refractivity contribution in [3.8, 4) is 5.75 Å². The summed E-state index contributed by atoms with van der Waals surface area (Å²) in [7, 11) is 0. The van der Waals surface area contributed by atoms with Gasteiger partial charge in [0.2, 0.25) is 0 Å². The molecule has 2 atom stereocenters. The van der Waals surface area contributed by atoms with Crippen LogP contribution < -0.4 is 10.1 Å². The van der Waals surface area contributed by atoms with Gasteiger partial charge in [0.25, 0.3) is 0 Å². The molecule has 0 aromatic heterocycles. The number of nitrogens with zero attached hydrogens (tertiary/aromatic N) is 1. The van der Waals surface area contributed by atoms with Gasteiger partial charge < -0.3 is 15.2 Å². The second-order valence-electron chi connectivity index (χ2n) is 8.46. The number of aliphatic hydroxyl groups is 1. The largest absolute Gasteiger partial charge is 0.481 e. The van der Waals surface area contributed by atoms with Crippen LogP contribution in [-0.4, -0.2) is 54.7 Å². The van der Waals surface area contributed by atoms with Crippen molar-refractivity contribution in [2.24, 2.45) is 0 Å². The number of hydrogen-bond acceptors (Lipinski definition) is 5. The van der Waals surface area contributed by atoms with Gasteiger partial charge in [0.15, 0.2) is 12.4 Å². The van der Waals surface area contributed by atoms with Gasteiger partial charge in [-0.25, -0.2) is 0 Å². The number of carbonyl (C=O) groups is 1. The van der Waals surface area contributed by atoms with Gasteiger partial charge in [0, 0.05) is 32.7 Å². The van der Waals surface area contributed by atoms with Crippen LogP contribution in [0.2, 0.25) is 0 Å². The Labute approximate surface area is 179 Å². The number of aldehydes is 1. The van der Waals surface area contributed by atoms with E-state index in [1.165, 1.54) is 35.1 Å². The Balaban J connectivity index is 1.23. The van der Waals surface area contributed by atoms with E-state index < -0.39 is 12.2 Å². The first-order valence-corrected chi connectivity index (χ1v) is 11.1. The third kappa shape index (κ3) is 5.28. The average molecular weight is 409 g/mol. The Morgan fingerprint density at radius 1 is 1.00 bits per heavy atom. The Morgan fingerprint density at radius 3 is 2.67 bits per heavy atom. The van der Waals surface area contributed by atoms with E-state index in [0.717, 1.165) is 44.4 Å². The molecule has 2 aromatic rings. The summed E-state index contributed by atoms with van der Waals surface area (Å²) in [5.74, 6) is 0.832. The summed E-state index contributed by atoms with van der Waals surface area (Å²) < 4.78 is 6.01. The minimum absolute atomic E-state index is 0.396. The van der Waals surface area contributed by atoms with Crippen LogP contribution in [0.5, 0.6) is 5.75 Å². The van der Waals surface area contributed by atoms with Crippen molar-refractivity contribution in [1.29, 1.82) is 0 Å². The zero-order valence-electron chi connectivity index (χ0n) is 17.6. The summed E-state index contributed by atoms with van der Waals surface area (Å²) in [6, 6.07) is 14.6. The lowest BCUT2D eigenvalue weighted by atomic mass is 9.91. The molecule has 30 heavy (non-hydrogen) atoms. The lowest BCUT2D eigenvalue weighted by Crippen LogP contribution is -2.43. The molecule has 0 amide bonds. The van der Waals surface area contributed by atoms with E-state index in [1.807, 2.05) is 12.1 Å². The highest BCUT2D eigenvalue weighted by Gasteiger charge is 2.20. The quantitative estimate of drug-likeness (QED) is 0.625. The Morgan fingerprint density at radius 2 is 1.80 bits per heavy atom. The van der Waals surface area contributed by atoms with Crippen LogP contribution in [0.15, 0.2) is 42.5 Å². The molecule has 0 radical (unpaired) electrons. The van der Waals surface area contributed by atoms with Crippen LogP contribution in [0.4, 0.5) is 0 Å². The number of ether oxygens (including phenoxy) is 1. The molecule has 4 rings (SSSR count). The molecule has 2 aromatic carbocycles. The van der Waals surface area contributed by atoms with E-state index in [0.29, 0.717) is 19.6 Å². The van der Waals surface area contributed by atoms with E-state index in [1.54, 1.807) is 0 Å². The second-order valence-corrected chi connectivity index (χ2v) is 8.46. The zero-order valence-corrected chi connectivity index (χ0v) is 17.6. The summed E-state index contributed by atoms with van der Waals surface area (Å²) in [5.41, 5.74) is 5.36. The van der Waals surface area contributed by atoms with Crippen LogP contribution in [0.3, 0.4) is 0 Å². The van der Waals surface area contributed by atoms with Gasteiger partial charge in [0.1, 0.15) is 5.75 Å². The standard InChI is InChI=1S/C25H32N2O3/c28-18-23(30-25-11-5-9-20-7-3-4-10-24(20)25)15-26-14-22(29)17-27-13-12-19-6-1-2-8-21(19)16-27/h1-2,5-6,8-9,11,18,22-23,26,29H,3-4,7,10,12-17H2. The van der Waals surface area contributed by atoms with Crippen LogP contribution in [0, 0.1) is 0 Å². The van der Waals surface area contributed by atoms with Crippen LogP contribution in [0.25, 0.3) is 0 Å². The number of β-amino-alcohol motifs (C(OH)–C–C–N with tert-alkyl or cyclic N) is 1. The molecule has 2 unspecified atom stereocenters. The smallest absolute Gasteiger partial charge is 0.166 e. The van der Waals surface area contributed by atoms with Crippen molar-refractivity contribution in [3.63, 3.8) is 0 Å². The number of aliphatic hydroxyl groups excluding tert-OH is 1. The minimum Gasteiger partial charge on any atom is -0.481 e. The number of rotatable bonds is 9. The summed E-state index contributed by atoms with van der Waals surface area (Å²) in [5, 5.41) is 13.7. The summed E-state index contributed by atoms with van der Waals surface area (Å²) >= 11 is 0. The fourth-order valence-electron chi connectivity index (χ4n) is 4.60. The van der Waals surface area contributed by atoms with Crippen LogP contribution in [0.1, 0.15) is 35.1 Å². The molecular formula is C25H32N2O3. The average Bonchev–Trinajstić information content (AvgIpc) is 2.78. The molecule has 1 aliphatic heterocycles. The first kappa shape index (κ1) is 21.0. The number of benzene rings is 2. The van der Waals surface area contributed by atoms with Crippen molar-refractivity contribution < 1.29 is 14.6 Å². The van der Waals surface area contributed by atoms with E-state index in [2.05, 4.69) is 40.5 Å². The number of carbonyl (C=O) groups excluding carboxylic acids is 1. The van der Waals surface area contributed by atoms with E-state index >= 15 is 0 Å².